The molecule has 1 rings (SSSR count). The van der Waals surface area contributed by atoms with Crippen LogP contribution in [0.15, 0.2) is 18.7 Å². The lowest BCUT2D eigenvalue weighted by Gasteiger charge is -1.81. The van der Waals surface area contributed by atoms with Crippen LogP contribution >= 0.6 is 9.24 Å². The molecule has 0 radical (unpaired) electrons. The molecule has 0 saturated carbocycles. The summed E-state index contributed by atoms with van der Waals surface area (Å²) in [5.74, 6) is 0. The van der Waals surface area contributed by atoms with E-state index < -0.39 is 0 Å². The molecule has 0 aliphatic heterocycles. The van der Waals surface area contributed by atoms with Gasteiger partial charge in [0.2, 0.25) is 6.33 Å². The maximum Gasteiger partial charge on any atom is 0.243 e. The summed E-state index contributed by atoms with van der Waals surface area (Å²) in [6.45, 7) is 5.10. The second-order valence-electron chi connectivity index (χ2n) is 1.91. The Hall–Kier alpha value is -0.360. The van der Waals surface area contributed by atoms with Crippen LogP contribution in [0.2, 0.25) is 0 Å². The number of hydrogen-bond donors (Lipinski definition) is 0. The Balaban J connectivity index is 0.000000371. The lowest BCUT2D eigenvalue weighted by Crippen LogP contribution is -2.23. The zero-order chi connectivity index (χ0) is 7.98. The SMILES string of the molecule is CCn1cc[n+](C)c1.CP. The number of nitrogens with zero attached hydrogens (tertiary/aromatic N) is 2. The highest BCUT2D eigenvalue weighted by atomic mass is 31.0. The van der Waals surface area contributed by atoms with Crippen LogP contribution in [-0.2, 0) is 13.6 Å². The molecule has 1 aromatic rings. The first-order valence-electron chi connectivity index (χ1n) is 3.41. The molecule has 0 aliphatic carbocycles. The van der Waals surface area contributed by atoms with Crippen LogP contribution in [0.4, 0.5) is 0 Å². The third kappa shape index (κ3) is 2.98. The number of aromatic nitrogens is 2. The molecule has 0 bridgehead atoms. The molecule has 1 atom stereocenters. The van der Waals surface area contributed by atoms with Crippen molar-refractivity contribution < 1.29 is 4.57 Å². The van der Waals surface area contributed by atoms with Crippen LogP contribution in [0.5, 0.6) is 0 Å². The molecule has 0 aromatic carbocycles. The average molecular weight is 159 g/mol. The Bertz CT molecular complexity index is 172. The molecule has 0 spiro atoms. The maximum atomic E-state index is 2.42. The Morgan fingerprint density at radius 1 is 1.50 bits per heavy atom. The molecule has 0 saturated heterocycles. The lowest BCUT2D eigenvalue weighted by atomic mass is 10.7. The van der Waals surface area contributed by atoms with Gasteiger partial charge in [0.15, 0.2) is 0 Å². The van der Waals surface area contributed by atoms with Crippen LogP contribution in [0.3, 0.4) is 0 Å². The van der Waals surface area contributed by atoms with Gasteiger partial charge in [-0.25, -0.2) is 9.13 Å². The first-order chi connectivity index (χ1) is 4.83. The van der Waals surface area contributed by atoms with Crippen molar-refractivity contribution in [2.75, 3.05) is 6.66 Å². The minimum Gasteiger partial charge on any atom is -0.240 e. The Morgan fingerprint density at radius 2 is 2.10 bits per heavy atom. The van der Waals surface area contributed by atoms with E-state index in [0.717, 1.165) is 6.54 Å². The maximum absolute atomic E-state index is 2.42. The first-order valence-corrected chi connectivity index (χ1v) is 4.57. The highest BCUT2D eigenvalue weighted by Gasteiger charge is 1.92. The summed E-state index contributed by atoms with van der Waals surface area (Å²) in [6.07, 6.45) is 6.14. The van der Waals surface area contributed by atoms with E-state index in [1.54, 1.807) is 0 Å². The van der Waals surface area contributed by atoms with Crippen LogP contribution < -0.4 is 4.57 Å². The smallest absolute Gasteiger partial charge is 0.240 e. The summed E-state index contributed by atoms with van der Waals surface area (Å²) in [6, 6.07) is 0. The molecular weight excluding hydrogens is 143 g/mol. The van der Waals surface area contributed by atoms with E-state index in [4.69, 9.17) is 0 Å². The van der Waals surface area contributed by atoms with Crippen LogP contribution in [0.25, 0.3) is 0 Å². The fourth-order valence-corrected chi connectivity index (χ4v) is 0.689. The van der Waals surface area contributed by atoms with Gasteiger partial charge in [0.05, 0.1) is 13.6 Å². The van der Waals surface area contributed by atoms with Gasteiger partial charge in [-0.05, 0) is 6.92 Å². The second kappa shape index (κ2) is 5.43. The molecule has 0 N–H and O–H groups in total. The van der Waals surface area contributed by atoms with Crippen molar-refractivity contribution >= 4 is 9.24 Å². The summed E-state index contributed by atoms with van der Waals surface area (Å²) < 4.78 is 4.16. The molecule has 0 fully saturated rings. The van der Waals surface area contributed by atoms with Crippen LogP contribution in [0.1, 0.15) is 6.92 Å². The van der Waals surface area contributed by atoms with Crippen LogP contribution in [-0.4, -0.2) is 11.2 Å². The highest BCUT2D eigenvalue weighted by Crippen LogP contribution is 1.79. The van der Waals surface area contributed by atoms with Crippen molar-refractivity contribution in [2.45, 2.75) is 13.5 Å². The number of rotatable bonds is 1. The molecule has 0 aliphatic rings. The van der Waals surface area contributed by atoms with Gasteiger partial charge >= 0.3 is 0 Å². The summed E-state index contributed by atoms with van der Waals surface area (Å²) in [7, 11) is 4.44. The summed E-state index contributed by atoms with van der Waals surface area (Å²) in [5, 5.41) is 0. The van der Waals surface area contributed by atoms with Gasteiger partial charge < -0.3 is 0 Å². The summed E-state index contributed by atoms with van der Waals surface area (Å²) in [4.78, 5) is 0. The molecular formula is C7H16N2P+. The summed E-state index contributed by atoms with van der Waals surface area (Å²) >= 11 is 0. The van der Waals surface area contributed by atoms with Crippen molar-refractivity contribution in [3.63, 3.8) is 0 Å². The summed E-state index contributed by atoms with van der Waals surface area (Å²) in [5.41, 5.74) is 0. The van der Waals surface area contributed by atoms with Crippen LogP contribution in [0, 0.1) is 0 Å². The quantitative estimate of drug-likeness (QED) is 0.424. The van der Waals surface area contributed by atoms with E-state index in [1.807, 2.05) is 24.5 Å². The van der Waals surface area contributed by atoms with E-state index in [9.17, 15) is 0 Å². The van der Waals surface area contributed by atoms with Crippen molar-refractivity contribution in [3.05, 3.63) is 18.7 Å². The Morgan fingerprint density at radius 3 is 2.30 bits per heavy atom. The fraction of sp³-hybridized carbons (Fsp3) is 0.571. The largest absolute Gasteiger partial charge is 0.243 e. The molecule has 1 unspecified atom stereocenters. The highest BCUT2D eigenvalue weighted by molar-refractivity contribution is 7.15. The third-order valence-corrected chi connectivity index (χ3v) is 1.19. The molecule has 1 heterocycles. The number of hydrogen-bond acceptors (Lipinski definition) is 0. The fourth-order valence-electron chi connectivity index (χ4n) is 0.689. The first kappa shape index (κ1) is 9.64. The Labute approximate surface area is 65.1 Å². The van der Waals surface area contributed by atoms with Crippen molar-refractivity contribution in [3.8, 4) is 0 Å². The molecule has 10 heavy (non-hydrogen) atoms. The third-order valence-electron chi connectivity index (χ3n) is 1.19. The molecule has 3 heteroatoms. The second-order valence-corrected chi connectivity index (χ2v) is 1.91. The van der Waals surface area contributed by atoms with Gasteiger partial charge in [0.1, 0.15) is 12.4 Å². The predicted octanol–water partition coefficient (Wildman–Crippen LogP) is 0.824. The van der Waals surface area contributed by atoms with E-state index in [2.05, 4.69) is 33.3 Å². The van der Waals surface area contributed by atoms with Crippen molar-refractivity contribution in [2.24, 2.45) is 7.05 Å². The van der Waals surface area contributed by atoms with Gasteiger partial charge in [-0.1, -0.05) is 6.66 Å². The van der Waals surface area contributed by atoms with Gasteiger partial charge in [0.25, 0.3) is 0 Å². The van der Waals surface area contributed by atoms with Gasteiger partial charge in [-0.15, -0.1) is 9.24 Å². The minimum absolute atomic E-state index is 1.06. The predicted molar refractivity (Wildman–Crippen MR) is 46.9 cm³/mol. The monoisotopic (exact) mass is 159 g/mol. The minimum atomic E-state index is 1.06. The van der Waals surface area contributed by atoms with E-state index in [1.165, 1.54) is 0 Å². The number of imidazole rings is 1. The van der Waals surface area contributed by atoms with E-state index in [-0.39, 0.29) is 0 Å². The van der Waals surface area contributed by atoms with Crippen molar-refractivity contribution in [1.82, 2.24) is 4.57 Å². The molecule has 0 amide bonds. The molecule has 2 nitrogen and oxygen atoms in total. The zero-order valence-corrected chi connectivity index (χ0v) is 8.07. The van der Waals surface area contributed by atoms with E-state index >= 15 is 0 Å². The topological polar surface area (TPSA) is 8.81 Å². The van der Waals surface area contributed by atoms with Crippen molar-refractivity contribution in [1.29, 1.82) is 0 Å². The standard InChI is InChI=1S/C6H11N2.CH5P/c1-3-8-5-4-7(2)6-8;1-2/h4-6H,3H2,1-2H3;2H2,1H3/q+1;. The lowest BCUT2D eigenvalue weighted by molar-refractivity contribution is -0.671. The van der Waals surface area contributed by atoms with E-state index in [0.29, 0.717) is 0 Å². The Kier molecular flexibility index (Phi) is 5.23. The van der Waals surface area contributed by atoms with Gasteiger partial charge in [-0.3, -0.25) is 0 Å². The normalized spacial score (nSPS) is 8.40. The van der Waals surface area contributed by atoms with Gasteiger partial charge in [0, 0.05) is 0 Å². The molecule has 1 aromatic heterocycles. The zero-order valence-electron chi connectivity index (χ0n) is 6.91. The van der Waals surface area contributed by atoms with Gasteiger partial charge in [-0.2, -0.15) is 0 Å². The molecule has 58 valence electrons. The number of aryl methyl sites for hydroxylation is 2. The average Bonchev–Trinajstić information content (AvgIpc) is 2.40.